The van der Waals surface area contributed by atoms with Crippen LogP contribution < -0.4 is 0 Å². The van der Waals surface area contributed by atoms with Gasteiger partial charge in [0.25, 0.3) is 0 Å². The van der Waals surface area contributed by atoms with E-state index in [4.69, 9.17) is 0 Å². The van der Waals surface area contributed by atoms with Crippen LogP contribution in [0.15, 0.2) is 24.3 Å². The van der Waals surface area contributed by atoms with Crippen LogP contribution in [0.25, 0.3) is 0 Å². The van der Waals surface area contributed by atoms with Gasteiger partial charge in [-0.05, 0) is 61.2 Å². The molecule has 2 N–H and O–H groups in total. The molecule has 22 heavy (non-hydrogen) atoms. The highest BCUT2D eigenvalue weighted by Crippen LogP contribution is 2.63. The molecule has 0 aromatic carbocycles. The summed E-state index contributed by atoms with van der Waals surface area (Å²) >= 11 is 0. The van der Waals surface area contributed by atoms with Gasteiger partial charge in [0.05, 0.1) is 12.7 Å². The minimum Gasteiger partial charge on any atom is -0.396 e. The van der Waals surface area contributed by atoms with Gasteiger partial charge in [0.1, 0.15) is 0 Å². The fourth-order valence-corrected chi connectivity index (χ4v) is 5.56. The van der Waals surface area contributed by atoms with Gasteiger partial charge in [0.2, 0.25) is 0 Å². The molecule has 0 saturated heterocycles. The van der Waals surface area contributed by atoms with Crippen LogP contribution in [-0.4, -0.2) is 22.9 Å². The molecule has 2 fully saturated rings. The van der Waals surface area contributed by atoms with Crippen LogP contribution in [0.5, 0.6) is 0 Å². The molecule has 0 aromatic rings. The van der Waals surface area contributed by atoms with Gasteiger partial charge in [-0.25, -0.2) is 0 Å². The largest absolute Gasteiger partial charge is 0.396 e. The Kier molecular flexibility index (Phi) is 3.85. The van der Waals surface area contributed by atoms with Gasteiger partial charge in [0.15, 0.2) is 0 Å². The van der Waals surface area contributed by atoms with Crippen LogP contribution in [0.2, 0.25) is 0 Å². The Morgan fingerprint density at radius 1 is 1.27 bits per heavy atom. The molecule has 2 heteroatoms. The summed E-state index contributed by atoms with van der Waals surface area (Å²) in [6.07, 6.45) is 10.7. The first-order chi connectivity index (χ1) is 10.3. The van der Waals surface area contributed by atoms with Crippen LogP contribution in [0.3, 0.4) is 0 Å². The molecule has 2 saturated carbocycles. The Hall–Kier alpha value is -0.600. The first-order valence-corrected chi connectivity index (χ1v) is 8.92. The number of allylic oxidation sites excluding steroid dienone is 2. The van der Waals surface area contributed by atoms with E-state index in [0.717, 1.165) is 6.42 Å². The monoisotopic (exact) mass is 304 g/mol. The molecule has 3 rings (SSSR count). The van der Waals surface area contributed by atoms with Gasteiger partial charge in [0, 0.05) is 5.41 Å². The first-order valence-electron chi connectivity index (χ1n) is 8.92. The van der Waals surface area contributed by atoms with E-state index in [1.807, 2.05) is 0 Å². The van der Waals surface area contributed by atoms with Crippen molar-refractivity contribution >= 4 is 0 Å². The van der Waals surface area contributed by atoms with Crippen molar-refractivity contribution < 1.29 is 10.2 Å². The summed E-state index contributed by atoms with van der Waals surface area (Å²) in [5, 5.41) is 20.4. The second-order valence-corrected chi connectivity index (χ2v) is 8.88. The normalized spacial score (nSPS) is 51.5. The van der Waals surface area contributed by atoms with Gasteiger partial charge in [-0.15, -0.1) is 6.58 Å². The number of fused-ring (bicyclic) bond motifs is 3. The van der Waals surface area contributed by atoms with E-state index < -0.39 is 6.10 Å². The van der Waals surface area contributed by atoms with Crippen LogP contribution in [0.4, 0.5) is 0 Å². The lowest BCUT2D eigenvalue weighted by Gasteiger charge is -2.59. The number of aliphatic hydroxyl groups is 2. The number of hydrogen-bond donors (Lipinski definition) is 2. The summed E-state index contributed by atoms with van der Waals surface area (Å²) in [6.45, 7) is 11.0. The van der Waals surface area contributed by atoms with E-state index in [1.165, 1.54) is 31.3 Å². The summed E-state index contributed by atoms with van der Waals surface area (Å²) in [7, 11) is 0. The predicted octanol–water partition coefficient (Wildman–Crippen LogP) is 4.08. The molecule has 6 atom stereocenters. The molecule has 0 bridgehead atoms. The van der Waals surface area contributed by atoms with Crippen molar-refractivity contribution in [1.82, 2.24) is 0 Å². The molecular formula is C20H32O2. The highest BCUT2D eigenvalue weighted by Gasteiger charge is 2.55. The molecule has 124 valence electrons. The third-order valence-electron chi connectivity index (χ3n) is 7.62. The van der Waals surface area contributed by atoms with Crippen molar-refractivity contribution in [2.45, 2.75) is 65.4 Å². The van der Waals surface area contributed by atoms with Crippen molar-refractivity contribution in [2.75, 3.05) is 6.61 Å². The summed E-state index contributed by atoms with van der Waals surface area (Å²) in [4.78, 5) is 0. The zero-order valence-electron chi connectivity index (χ0n) is 14.4. The van der Waals surface area contributed by atoms with Crippen molar-refractivity contribution in [3.63, 3.8) is 0 Å². The van der Waals surface area contributed by atoms with Crippen LogP contribution in [-0.2, 0) is 0 Å². The van der Waals surface area contributed by atoms with Gasteiger partial charge >= 0.3 is 0 Å². The quantitative estimate of drug-likeness (QED) is 0.755. The van der Waals surface area contributed by atoms with E-state index in [0.29, 0.717) is 18.3 Å². The summed E-state index contributed by atoms with van der Waals surface area (Å²) < 4.78 is 0. The Balaban J connectivity index is 1.95. The topological polar surface area (TPSA) is 40.5 Å². The van der Waals surface area contributed by atoms with Crippen LogP contribution in [0.1, 0.15) is 59.3 Å². The van der Waals surface area contributed by atoms with Gasteiger partial charge < -0.3 is 10.2 Å². The average molecular weight is 304 g/mol. The predicted molar refractivity (Wildman–Crippen MR) is 90.4 cm³/mol. The lowest BCUT2D eigenvalue weighted by molar-refractivity contribution is -0.0741. The lowest BCUT2D eigenvalue weighted by atomic mass is 9.46. The molecule has 0 aromatic heterocycles. The van der Waals surface area contributed by atoms with Crippen LogP contribution in [0, 0.1) is 28.1 Å². The standard InChI is InChI=1S/C20H32O2/c1-5-18(2)10-11-19(3)14(12-18)6-7-16-15(19)8-9-17(22)20(16,4)13-21/h5,8,14,16-17,21-22H,1,6-7,9-13H2,2-4H3/t14-,16-,17+,18-,19?,20+/m1/s1. The van der Waals surface area contributed by atoms with Crippen molar-refractivity contribution in [3.05, 3.63) is 24.3 Å². The molecule has 0 spiro atoms. The smallest absolute Gasteiger partial charge is 0.0655 e. The summed E-state index contributed by atoms with van der Waals surface area (Å²) in [6, 6.07) is 0. The van der Waals surface area contributed by atoms with Gasteiger partial charge in [-0.3, -0.25) is 0 Å². The van der Waals surface area contributed by atoms with E-state index in [-0.39, 0.29) is 22.9 Å². The van der Waals surface area contributed by atoms with Crippen molar-refractivity contribution in [1.29, 1.82) is 0 Å². The Morgan fingerprint density at radius 3 is 2.64 bits per heavy atom. The molecule has 0 aliphatic heterocycles. The zero-order valence-corrected chi connectivity index (χ0v) is 14.4. The van der Waals surface area contributed by atoms with E-state index >= 15 is 0 Å². The fourth-order valence-electron chi connectivity index (χ4n) is 5.56. The molecule has 0 amide bonds. The second kappa shape index (κ2) is 5.21. The molecule has 0 radical (unpaired) electrons. The average Bonchev–Trinajstić information content (AvgIpc) is 2.51. The minimum atomic E-state index is -0.409. The fraction of sp³-hybridized carbons (Fsp3) is 0.800. The van der Waals surface area contributed by atoms with E-state index in [2.05, 4.69) is 39.5 Å². The van der Waals surface area contributed by atoms with Crippen molar-refractivity contribution in [2.24, 2.45) is 28.1 Å². The zero-order chi connectivity index (χ0) is 16.2. The SMILES string of the molecule is C=C[C@]1(C)CCC2(C)C3=CC[C@H](O)[C@@](C)(CO)[C@@H]3CC[C@@H]2C1. The van der Waals surface area contributed by atoms with Crippen molar-refractivity contribution in [3.8, 4) is 0 Å². The number of rotatable bonds is 2. The summed E-state index contributed by atoms with van der Waals surface area (Å²) in [5.41, 5.74) is 1.71. The Bertz CT molecular complexity index is 496. The maximum atomic E-state index is 10.5. The summed E-state index contributed by atoms with van der Waals surface area (Å²) in [5.74, 6) is 1.06. The maximum Gasteiger partial charge on any atom is 0.0655 e. The molecule has 2 nitrogen and oxygen atoms in total. The van der Waals surface area contributed by atoms with E-state index in [9.17, 15) is 10.2 Å². The molecule has 3 aliphatic carbocycles. The highest BCUT2D eigenvalue weighted by atomic mass is 16.3. The lowest BCUT2D eigenvalue weighted by Crippen LogP contribution is -2.53. The molecule has 3 aliphatic rings. The minimum absolute atomic E-state index is 0.0846. The Labute approximate surface area is 135 Å². The van der Waals surface area contributed by atoms with E-state index in [1.54, 1.807) is 0 Å². The van der Waals surface area contributed by atoms with Gasteiger partial charge in [-0.1, -0.05) is 38.5 Å². The molecule has 0 heterocycles. The second-order valence-electron chi connectivity index (χ2n) is 8.88. The molecular weight excluding hydrogens is 272 g/mol. The Morgan fingerprint density at radius 2 is 2.00 bits per heavy atom. The third kappa shape index (κ3) is 2.14. The van der Waals surface area contributed by atoms with Gasteiger partial charge in [-0.2, -0.15) is 0 Å². The first kappa shape index (κ1) is 16.3. The molecule has 1 unspecified atom stereocenters. The third-order valence-corrected chi connectivity index (χ3v) is 7.62. The highest BCUT2D eigenvalue weighted by molar-refractivity contribution is 5.29. The number of aliphatic hydroxyl groups excluding tert-OH is 2. The maximum absolute atomic E-state index is 10.5. The number of hydrogen-bond acceptors (Lipinski definition) is 2. The van der Waals surface area contributed by atoms with Crippen LogP contribution >= 0.6 is 0 Å².